The van der Waals surface area contributed by atoms with Crippen LogP contribution in [0.1, 0.15) is 38.1 Å². The molecule has 0 saturated carbocycles. The van der Waals surface area contributed by atoms with E-state index in [4.69, 9.17) is 0 Å². The molecule has 2 aromatic rings. The SMILES string of the molecule is CC.CC(=O)Nc1nc2ccc(C(C)=O)cc2s1. The van der Waals surface area contributed by atoms with Gasteiger partial charge in [-0.1, -0.05) is 25.2 Å². The molecule has 0 saturated heterocycles. The van der Waals surface area contributed by atoms with Crippen molar-refractivity contribution in [1.29, 1.82) is 0 Å². The average Bonchev–Trinajstić information content (AvgIpc) is 2.71. The predicted octanol–water partition coefficient (Wildman–Crippen LogP) is 3.48. The van der Waals surface area contributed by atoms with Crippen LogP contribution < -0.4 is 5.32 Å². The minimum Gasteiger partial charge on any atom is -0.302 e. The Kier molecular flexibility index (Phi) is 4.97. The fraction of sp³-hybridized carbons (Fsp3) is 0.308. The lowest BCUT2D eigenvalue weighted by Crippen LogP contribution is -2.04. The molecule has 0 fully saturated rings. The number of Topliss-reactive ketones (excluding diaryl/α,β-unsaturated/α-hetero) is 1. The zero-order valence-electron chi connectivity index (χ0n) is 10.9. The van der Waals surface area contributed by atoms with Crippen molar-refractivity contribution >= 4 is 38.4 Å². The molecule has 1 N–H and O–H groups in total. The normalized spacial score (nSPS) is 9.56. The van der Waals surface area contributed by atoms with Gasteiger partial charge in [-0.3, -0.25) is 9.59 Å². The maximum absolute atomic E-state index is 11.2. The highest BCUT2D eigenvalue weighted by Gasteiger charge is 2.07. The number of thiazole rings is 1. The quantitative estimate of drug-likeness (QED) is 0.845. The van der Waals surface area contributed by atoms with Gasteiger partial charge in [0.25, 0.3) is 0 Å². The Hall–Kier alpha value is -1.75. The van der Waals surface area contributed by atoms with Crippen molar-refractivity contribution in [2.45, 2.75) is 27.7 Å². The van der Waals surface area contributed by atoms with E-state index >= 15 is 0 Å². The summed E-state index contributed by atoms with van der Waals surface area (Å²) in [6.07, 6.45) is 0. The number of amides is 1. The zero-order valence-corrected chi connectivity index (χ0v) is 11.7. The number of ketones is 1. The van der Waals surface area contributed by atoms with Crippen LogP contribution in [0.25, 0.3) is 10.2 Å². The smallest absolute Gasteiger partial charge is 0.223 e. The summed E-state index contributed by atoms with van der Waals surface area (Å²) in [6, 6.07) is 5.32. The number of fused-ring (bicyclic) bond motifs is 1. The standard InChI is InChI=1S/C11H10N2O2S.C2H6/c1-6(14)8-3-4-9-10(5-8)16-11(13-9)12-7(2)15;1-2/h3-5H,1-2H3,(H,12,13,15);1-2H3. The van der Waals surface area contributed by atoms with E-state index in [-0.39, 0.29) is 11.7 Å². The molecule has 96 valence electrons. The topological polar surface area (TPSA) is 59.1 Å². The minimum absolute atomic E-state index is 0.0244. The number of nitrogens with one attached hydrogen (secondary N) is 1. The summed E-state index contributed by atoms with van der Waals surface area (Å²) < 4.78 is 0.899. The molecule has 0 spiro atoms. The Morgan fingerprint density at radius 3 is 2.44 bits per heavy atom. The van der Waals surface area contributed by atoms with Crippen LogP contribution in [-0.2, 0) is 4.79 Å². The van der Waals surface area contributed by atoms with Gasteiger partial charge in [-0.15, -0.1) is 0 Å². The highest BCUT2D eigenvalue weighted by molar-refractivity contribution is 7.22. The minimum atomic E-state index is -0.147. The van der Waals surface area contributed by atoms with E-state index in [1.807, 2.05) is 13.8 Å². The molecule has 1 heterocycles. The lowest BCUT2D eigenvalue weighted by molar-refractivity contribution is -0.114. The molecule has 0 aliphatic heterocycles. The van der Waals surface area contributed by atoms with E-state index in [2.05, 4.69) is 10.3 Å². The molecule has 0 aliphatic carbocycles. The van der Waals surface area contributed by atoms with Gasteiger partial charge in [-0.2, -0.15) is 0 Å². The van der Waals surface area contributed by atoms with E-state index in [1.165, 1.54) is 25.2 Å². The molecular formula is C13H16N2O2S. The monoisotopic (exact) mass is 264 g/mol. The van der Waals surface area contributed by atoms with Gasteiger partial charge in [0.2, 0.25) is 5.91 Å². The van der Waals surface area contributed by atoms with Crippen LogP contribution in [-0.4, -0.2) is 16.7 Å². The lowest BCUT2D eigenvalue weighted by atomic mass is 10.1. The third kappa shape index (κ3) is 3.37. The second kappa shape index (κ2) is 6.26. The Balaban J connectivity index is 0.000000771. The summed E-state index contributed by atoms with van der Waals surface area (Å²) in [5, 5.41) is 3.18. The Morgan fingerprint density at radius 1 is 1.22 bits per heavy atom. The number of anilines is 1. The molecule has 1 amide bonds. The number of benzene rings is 1. The van der Waals surface area contributed by atoms with Gasteiger partial charge in [0, 0.05) is 12.5 Å². The summed E-state index contributed by atoms with van der Waals surface area (Å²) in [6.45, 7) is 6.96. The molecule has 4 nitrogen and oxygen atoms in total. The van der Waals surface area contributed by atoms with Crippen LogP contribution in [0.5, 0.6) is 0 Å². The lowest BCUT2D eigenvalue weighted by Gasteiger charge is -1.92. The second-order valence-electron chi connectivity index (χ2n) is 3.44. The van der Waals surface area contributed by atoms with Gasteiger partial charge < -0.3 is 5.32 Å². The summed E-state index contributed by atoms with van der Waals surface area (Å²) in [5.41, 5.74) is 1.45. The van der Waals surface area contributed by atoms with Gasteiger partial charge in [0.1, 0.15) is 0 Å². The Bertz CT molecular complexity index is 575. The van der Waals surface area contributed by atoms with Crippen molar-refractivity contribution in [2.75, 3.05) is 5.32 Å². The summed E-state index contributed by atoms with van der Waals surface area (Å²) in [7, 11) is 0. The molecule has 0 radical (unpaired) electrons. The van der Waals surface area contributed by atoms with Crippen LogP contribution in [0.4, 0.5) is 5.13 Å². The first-order valence-corrected chi connectivity index (χ1v) is 6.57. The fourth-order valence-electron chi connectivity index (χ4n) is 1.35. The summed E-state index contributed by atoms with van der Waals surface area (Å²) in [5.74, 6) is -0.123. The van der Waals surface area contributed by atoms with Crippen molar-refractivity contribution in [3.05, 3.63) is 23.8 Å². The van der Waals surface area contributed by atoms with E-state index in [0.29, 0.717) is 10.7 Å². The molecule has 18 heavy (non-hydrogen) atoms. The summed E-state index contributed by atoms with van der Waals surface area (Å²) >= 11 is 1.36. The van der Waals surface area contributed by atoms with Gasteiger partial charge >= 0.3 is 0 Å². The van der Waals surface area contributed by atoms with Gasteiger partial charge in [0.15, 0.2) is 10.9 Å². The number of rotatable bonds is 2. The molecule has 5 heteroatoms. The number of aromatic nitrogens is 1. The molecule has 1 aromatic heterocycles. The number of hydrogen-bond donors (Lipinski definition) is 1. The van der Waals surface area contributed by atoms with Gasteiger partial charge in [-0.05, 0) is 25.1 Å². The first-order valence-electron chi connectivity index (χ1n) is 5.75. The molecular weight excluding hydrogens is 248 g/mol. The highest BCUT2D eigenvalue weighted by Crippen LogP contribution is 2.26. The van der Waals surface area contributed by atoms with E-state index in [9.17, 15) is 9.59 Å². The van der Waals surface area contributed by atoms with E-state index in [0.717, 1.165) is 10.2 Å². The number of carbonyl (C=O) groups is 2. The van der Waals surface area contributed by atoms with Crippen LogP contribution in [0, 0.1) is 0 Å². The largest absolute Gasteiger partial charge is 0.302 e. The number of hydrogen-bond acceptors (Lipinski definition) is 4. The highest BCUT2D eigenvalue weighted by atomic mass is 32.1. The Labute approximate surface area is 110 Å². The van der Waals surface area contributed by atoms with Crippen molar-refractivity contribution in [3.8, 4) is 0 Å². The van der Waals surface area contributed by atoms with Gasteiger partial charge in [0.05, 0.1) is 10.2 Å². The maximum Gasteiger partial charge on any atom is 0.223 e. The maximum atomic E-state index is 11.2. The molecule has 0 atom stereocenters. The van der Waals surface area contributed by atoms with Crippen molar-refractivity contribution in [2.24, 2.45) is 0 Å². The number of nitrogens with zero attached hydrogens (tertiary/aromatic N) is 1. The van der Waals surface area contributed by atoms with E-state index < -0.39 is 0 Å². The first kappa shape index (κ1) is 14.3. The van der Waals surface area contributed by atoms with E-state index in [1.54, 1.807) is 18.2 Å². The van der Waals surface area contributed by atoms with Crippen LogP contribution in [0.15, 0.2) is 18.2 Å². The molecule has 0 unspecified atom stereocenters. The predicted molar refractivity (Wildman–Crippen MR) is 75.3 cm³/mol. The fourth-order valence-corrected chi connectivity index (χ4v) is 2.30. The molecule has 0 aliphatic rings. The van der Waals surface area contributed by atoms with Crippen molar-refractivity contribution < 1.29 is 9.59 Å². The zero-order chi connectivity index (χ0) is 13.7. The third-order valence-electron chi connectivity index (χ3n) is 2.08. The molecule has 2 rings (SSSR count). The van der Waals surface area contributed by atoms with Crippen LogP contribution in [0.3, 0.4) is 0 Å². The van der Waals surface area contributed by atoms with Crippen LogP contribution >= 0.6 is 11.3 Å². The van der Waals surface area contributed by atoms with Gasteiger partial charge in [-0.25, -0.2) is 4.98 Å². The van der Waals surface area contributed by atoms with Crippen molar-refractivity contribution in [3.63, 3.8) is 0 Å². The molecule has 1 aromatic carbocycles. The van der Waals surface area contributed by atoms with Crippen molar-refractivity contribution in [1.82, 2.24) is 4.98 Å². The first-order chi connectivity index (χ1) is 8.56. The average molecular weight is 264 g/mol. The third-order valence-corrected chi connectivity index (χ3v) is 3.01. The second-order valence-corrected chi connectivity index (χ2v) is 4.47. The number of carbonyl (C=O) groups excluding carboxylic acids is 2. The van der Waals surface area contributed by atoms with Crippen LogP contribution in [0.2, 0.25) is 0 Å². The Morgan fingerprint density at radius 2 is 1.89 bits per heavy atom. The molecule has 0 bridgehead atoms. The summed E-state index contributed by atoms with van der Waals surface area (Å²) in [4.78, 5) is 26.3.